The van der Waals surface area contributed by atoms with Crippen LogP contribution in [0.25, 0.3) is 0 Å². The predicted molar refractivity (Wildman–Crippen MR) is 66.7 cm³/mol. The number of nitrogens with two attached hydrogens (primary N) is 1. The summed E-state index contributed by atoms with van der Waals surface area (Å²) in [5.41, 5.74) is 7.36. The van der Waals surface area contributed by atoms with Crippen molar-refractivity contribution in [2.45, 2.75) is 32.6 Å². The fourth-order valence-electron chi connectivity index (χ4n) is 2.01. The Morgan fingerprint density at radius 2 is 1.94 bits per heavy atom. The highest BCUT2D eigenvalue weighted by Crippen LogP contribution is 2.48. The van der Waals surface area contributed by atoms with Gasteiger partial charge in [0.15, 0.2) is 0 Å². The van der Waals surface area contributed by atoms with Gasteiger partial charge in [-0.15, -0.1) is 0 Å². The summed E-state index contributed by atoms with van der Waals surface area (Å²) >= 11 is 0. The van der Waals surface area contributed by atoms with Gasteiger partial charge in [0.1, 0.15) is 5.75 Å². The SMILES string of the molecule is CCc1ccc(OCC2(CCN)CC2)cc1. The average molecular weight is 219 g/mol. The van der Waals surface area contributed by atoms with Crippen molar-refractivity contribution in [3.63, 3.8) is 0 Å². The van der Waals surface area contributed by atoms with Gasteiger partial charge in [-0.25, -0.2) is 0 Å². The maximum Gasteiger partial charge on any atom is 0.119 e. The largest absolute Gasteiger partial charge is 0.493 e. The van der Waals surface area contributed by atoms with Crippen molar-refractivity contribution in [1.29, 1.82) is 0 Å². The zero-order valence-corrected chi connectivity index (χ0v) is 10.0. The fourth-order valence-corrected chi connectivity index (χ4v) is 2.01. The molecule has 1 aromatic carbocycles. The first kappa shape index (κ1) is 11.5. The lowest BCUT2D eigenvalue weighted by atomic mass is 10.0. The van der Waals surface area contributed by atoms with E-state index in [9.17, 15) is 0 Å². The Kier molecular flexibility index (Phi) is 3.49. The van der Waals surface area contributed by atoms with Gasteiger partial charge in [-0.3, -0.25) is 0 Å². The second-order valence-corrected chi connectivity index (χ2v) is 4.82. The molecule has 2 heteroatoms. The number of benzene rings is 1. The Morgan fingerprint density at radius 1 is 1.25 bits per heavy atom. The second-order valence-electron chi connectivity index (χ2n) is 4.82. The molecule has 1 aliphatic carbocycles. The van der Waals surface area contributed by atoms with E-state index in [-0.39, 0.29) is 0 Å². The van der Waals surface area contributed by atoms with Crippen LogP contribution in [-0.4, -0.2) is 13.2 Å². The summed E-state index contributed by atoms with van der Waals surface area (Å²) in [6.45, 7) is 3.77. The summed E-state index contributed by atoms with van der Waals surface area (Å²) < 4.78 is 5.83. The Hall–Kier alpha value is -1.02. The van der Waals surface area contributed by atoms with E-state index >= 15 is 0 Å². The minimum Gasteiger partial charge on any atom is -0.493 e. The van der Waals surface area contributed by atoms with Gasteiger partial charge in [-0.2, -0.15) is 0 Å². The van der Waals surface area contributed by atoms with Crippen molar-refractivity contribution in [3.8, 4) is 5.75 Å². The first-order valence-corrected chi connectivity index (χ1v) is 6.20. The van der Waals surface area contributed by atoms with E-state index in [2.05, 4.69) is 31.2 Å². The summed E-state index contributed by atoms with van der Waals surface area (Å²) in [7, 11) is 0. The van der Waals surface area contributed by atoms with Crippen LogP contribution in [0, 0.1) is 5.41 Å². The van der Waals surface area contributed by atoms with Crippen LogP contribution in [0.15, 0.2) is 24.3 Å². The molecular formula is C14H21NO. The third-order valence-electron chi connectivity index (χ3n) is 3.51. The Morgan fingerprint density at radius 3 is 2.44 bits per heavy atom. The van der Waals surface area contributed by atoms with Crippen LogP contribution in [0.4, 0.5) is 0 Å². The van der Waals surface area contributed by atoms with Crippen molar-refractivity contribution in [3.05, 3.63) is 29.8 Å². The third-order valence-corrected chi connectivity index (χ3v) is 3.51. The Balaban J connectivity index is 1.85. The maximum absolute atomic E-state index is 5.83. The molecule has 2 N–H and O–H groups in total. The highest BCUT2D eigenvalue weighted by atomic mass is 16.5. The zero-order chi connectivity index (χ0) is 11.4. The highest BCUT2D eigenvalue weighted by molar-refractivity contribution is 5.27. The molecule has 0 aliphatic heterocycles. The van der Waals surface area contributed by atoms with Crippen molar-refractivity contribution in [1.82, 2.24) is 0 Å². The molecule has 0 unspecified atom stereocenters. The van der Waals surface area contributed by atoms with Crippen LogP contribution in [0.2, 0.25) is 0 Å². The molecule has 0 amide bonds. The first-order chi connectivity index (χ1) is 7.78. The number of hydrogen-bond donors (Lipinski definition) is 1. The van der Waals surface area contributed by atoms with E-state index in [1.807, 2.05) is 0 Å². The molecule has 2 rings (SSSR count). The molecule has 1 saturated carbocycles. The molecule has 0 aromatic heterocycles. The van der Waals surface area contributed by atoms with Gasteiger partial charge in [0, 0.05) is 5.41 Å². The van der Waals surface area contributed by atoms with E-state index in [0.717, 1.165) is 31.7 Å². The number of hydrogen-bond acceptors (Lipinski definition) is 2. The molecular weight excluding hydrogens is 198 g/mol. The molecule has 0 heterocycles. The van der Waals surface area contributed by atoms with E-state index < -0.39 is 0 Å². The topological polar surface area (TPSA) is 35.2 Å². The molecule has 0 radical (unpaired) electrons. The molecule has 88 valence electrons. The molecule has 2 nitrogen and oxygen atoms in total. The van der Waals surface area contributed by atoms with E-state index in [1.165, 1.54) is 18.4 Å². The molecule has 0 bridgehead atoms. The fraction of sp³-hybridized carbons (Fsp3) is 0.571. The summed E-state index contributed by atoms with van der Waals surface area (Å²) in [5, 5.41) is 0. The normalized spacial score (nSPS) is 17.1. The Bertz CT molecular complexity index is 327. The maximum atomic E-state index is 5.83. The molecule has 1 fully saturated rings. The summed E-state index contributed by atoms with van der Waals surface area (Å²) in [4.78, 5) is 0. The van der Waals surface area contributed by atoms with Crippen LogP contribution in [0.3, 0.4) is 0 Å². The smallest absolute Gasteiger partial charge is 0.119 e. The van der Waals surface area contributed by atoms with Crippen LogP contribution in [0.1, 0.15) is 31.7 Å². The lowest BCUT2D eigenvalue weighted by Gasteiger charge is -2.15. The van der Waals surface area contributed by atoms with Gasteiger partial charge >= 0.3 is 0 Å². The highest BCUT2D eigenvalue weighted by Gasteiger charge is 2.42. The number of rotatable bonds is 6. The number of ether oxygens (including phenoxy) is 1. The van der Waals surface area contributed by atoms with Gasteiger partial charge in [0.2, 0.25) is 0 Å². The molecule has 0 atom stereocenters. The van der Waals surface area contributed by atoms with Crippen LogP contribution in [0.5, 0.6) is 5.75 Å². The zero-order valence-electron chi connectivity index (χ0n) is 10.0. The predicted octanol–water partition coefficient (Wildman–Crippen LogP) is 2.76. The Labute approximate surface area is 97.8 Å². The minimum atomic E-state index is 0.401. The monoisotopic (exact) mass is 219 g/mol. The van der Waals surface area contributed by atoms with E-state index in [4.69, 9.17) is 10.5 Å². The van der Waals surface area contributed by atoms with Gasteiger partial charge in [0.25, 0.3) is 0 Å². The van der Waals surface area contributed by atoms with Crippen molar-refractivity contribution in [2.24, 2.45) is 11.1 Å². The van der Waals surface area contributed by atoms with Gasteiger partial charge in [0.05, 0.1) is 6.61 Å². The minimum absolute atomic E-state index is 0.401. The van der Waals surface area contributed by atoms with Crippen LogP contribution in [-0.2, 0) is 6.42 Å². The van der Waals surface area contributed by atoms with Crippen LogP contribution < -0.4 is 10.5 Å². The molecule has 1 aliphatic rings. The van der Waals surface area contributed by atoms with Crippen molar-refractivity contribution >= 4 is 0 Å². The lowest BCUT2D eigenvalue weighted by Crippen LogP contribution is -2.17. The first-order valence-electron chi connectivity index (χ1n) is 6.20. The standard InChI is InChI=1S/C14H21NO/c1-2-12-3-5-13(6-4-12)16-11-14(7-8-14)9-10-15/h3-6H,2,7-11,15H2,1H3. The van der Waals surface area contributed by atoms with Crippen molar-refractivity contribution < 1.29 is 4.74 Å². The molecule has 16 heavy (non-hydrogen) atoms. The van der Waals surface area contributed by atoms with Gasteiger partial charge in [-0.05, 0) is 49.9 Å². The van der Waals surface area contributed by atoms with E-state index in [1.54, 1.807) is 0 Å². The van der Waals surface area contributed by atoms with Crippen molar-refractivity contribution in [2.75, 3.05) is 13.2 Å². The average Bonchev–Trinajstić information content (AvgIpc) is 3.08. The van der Waals surface area contributed by atoms with Gasteiger partial charge < -0.3 is 10.5 Å². The van der Waals surface area contributed by atoms with Crippen LogP contribution >= 0.6 is 0 Å². The summed E-state index contributed by atoms with van der Waals surface area (Å²) in [6.07, 6.45) is 4.73. The van der Waals surface area contributed by atoms with Gasteiger partial charge in [-0.1, -0.05) is 19.1 Å². The summed E-state index contributed by atoms with van der Waals surface area (Å²) in [6, 6.07) is 8.41. The second kappa shape index (κ2) is 4.88. The lowest BCUT2D eigenvalue weighted by molar-refractivity contribution is 0.227. The molecule has 0 saturated heterocycles. The molecule has 0 spiro atoms. The summed E-state index contributed by atoms with van der Waals surface area (Å²) in [5.74, 6) is 0.987. The third kappa shape index (κ3) is 2.76. The number of aryl methyl sites for hydroxylation is 1. The van der Waals surface area contributed by atoms with E-state index in [0.29, 0.717) is 5.41 Å². The quantitative estimate of drug-likeness (QED) is 0.798. The molecule has 1 aromatic rings.